The van der Waals surface area contributed by atoms with Crippen LogP contribution in [0.2, 0.25) is 0 Å². The Bertz CT molecular complexity index is 932. The Balaban J connectivity index is 1.69. The van der Waals surface area contributed by atoms with Crippen LogP contribution in [-0.4, -0.2) is 15.5 Å². The lowest BCUT2D eigenvalue weighted by Gasteiger charge is -2.16. The fourth-order valence-electron chi connectivity index (χ4n) is 2.69. The minimum atomic E-state index is -4.41. The summed E-state index contributed by atoms with van der Waals surface area (Å²) in [5, 5.41) is 2.69. The van der Waals surface area contributed by atoms with Gasteiger partial charge in [0, 0.05) is 0 Å². The van der Waals surface area contributed by atoms with E-state index in [2.05, 4.69) is 10.3 Å². The van der Waals surface area contributed by atoms with Gasteiger partial charge in [0.2, 0.25) is 5.91 Å². The Morgan fingerprint density at radius 3 is 2.54 bits per heavy atom. The van der Waals surface area contributed by atoms with Gasteiger partial charge in [0.1, 0.15) is 17.9 Å². The summed E-state index contributed by atoms with van der Waals surface area (Å²) in [5.74, 6) is -0.886. The SMILES string of the molecule is CC(NC(=O)Cn1cnc2cccc(F)c21)c1ccc(C(F)(F)F)cc1. The van der Waals surface area contributed by atoms with Crippen molar-refractivity contribution < 1.29 is 22.4 Å². The van der Waals surface area contributed by atoms with Gasteiger partial charge in [-0.2, -0.15) is 13.2 Å². The van der Waals surface area contributed by atoms with Crippen LogP contribution in [-0.2, 0) is 17.5 Å². The van der Waals surface area contributed by atoms with E-state index in [-0.39, 0.29) is 12.1 Å². The quantitative estimate of drug-likeness (QED) is 0.709. The molecule has 1 amide bonds. The molecule has 0 saturated heterocycles. The molecule has 3 rings (SSSR count). The topological polar surface area (TPSA) is 46.9 Å². The summed E-state index contributed by atoms with van der Waals surface area (Å²) >= 11 is 0. The molecule has 0 fully saturated rings. The van der Waals surface area contributed by atoms with Crippen molar-refractivity contribution in [1.82, 2.24) is 14.9 Å². The number of para-hydroxylation sites is 1. The van der Waals surface area contributed by atoms with Crippen LogP contribution >= 0.6 is 0 Å². The van der Waals surface area contributed by atoms with Gasteiger partial charge in [-0.15, -0.1) is 0 Å². The van der Waals surface area contributed by atoms with E-state index >= 15 is 0 Å². The number of nitrogens with zero attached hydrogens (tertiary/aromatic N) is 2. The number of aromatic nitrogens is 2. The van der Waals surface area contributed by atoms with Gasteiger partial charge in [-0.3, -0.25) is 4.79 Å². The maximum atomic E-state index is 13.9. The number of carbonyl (C=O) groups excluding carboxylic acids is 1. The number of amides is 1. The zero-order valence-electron chi connectivity index (χ0n) is 13.7. The molecule has 1 atom stereocenters. The molecule has 0 radical (unpaired) electrons. The summed E-state index contributed by atoms with van der Waals surface area (Å²) in [6.07, 6.45) is -3.03. The summed E-state index contributed by atoms with van der Waals surface area (Å²) in [6, 6.07) is 8.53. The second-order valence-corrected chi connectivity index (χ2v) is 5.89. The second kappa shape index (κ2) is 6.78. The predicted octanol–water partition coefficient (Wildman–Crippen LogP) is 4.07. The fourth-order valence-corrected chi connectivity index (χ4v) is 2.69. The van der Waals surface area contributed by atoms with Crippen LogP contribution in [0.25, 0.3) is 11.0 Å². The molecule has 1 unspecified atom stereocenters. The molecule has 1 heterocycles. The lowest BCUT2D eigenvalue weighted by Crippen LogP contribution is -2.30. The van der Waals surface area contributed by atoms with E-state index in [1.165, 1.54) is 35.2 Å². The number of imidazole rings is 1. The van der Waals surface area contributed by atoms with Crippen molar-refractivity contribution in [2.75, 3.05) is 0 Å². The predicted molar refractivity (Wildman–Crippen MR) is 87.7 cm³/mol. The average Bonchev–Trinajstić information content (AvgIpc) is 2.98. The number of halogens is 4. The van der Waals surface area contributed by atoms with Gasteiger partial charge in [0.15, 0.2) is 0 Å². The molecule has 0 bridgehead atoms. The van der Waals surface area contributed by atoms with Crippen molar-refractivity contribution in [2.45, 2.75) is 25.7 Å². The Kier molecular flexibility index (Phi) is 4.67. The molecular weight excluding hydrogens is 350 g/mol. The molecule has 4 nitrogen and oxygen atoms in total. The van der Waals surface area contributed by atoms with Gasteiger partial charge in [-0.05, 0) is 36.8 Å². The smallest absolute Gasteiger partial charge is 0.348 e. The molecule has 0 aliphatic rings. The molecule has 0 aliphatic carbocycles. The number of alkyl halides is 3. The molecule has 3 aromatic rings. The van der Waals surface area contributed by atoms with Gasteiger partial charge in [-0.1, -0.05) is 18.2 Å². The molecule has 8 heteroatoms. The third-order valence-electron chi connectivity index (χ3n) is 4.02. The molecule has 2 aromatic carbocycles. The molecule has 0 saturated carbocycles. The van der Waals surface area contributed by atoms with E-state index < -0.39 is 29.5 Å². The van der Waals surface area contributed by atoms with Crippen LogP contribution in [0.1, 0.15) is 24.1 Å². The van der Waals surface area contributed by atoms with Crippen LogP contribution in [0.4, 0.5) is 17.6 Å². The van der Waals surface area contributed by atoms with Crippen molar-refractivity contribution in [3.63, 3.8) is 0 Å². The number of hydrogen-bond acceptors (Lipinski definition) is 2. The van der Waals surface area contributed by atoms with Crippen molar-refractivity contribution in [1.29, 1.82) is 0 Å². The Labute approximate surface area is 146 Å². The van der Waals surface area contributed by atoms with Crippen molar-refractivity contribution in [2.24, 2.45) is 0 Å². The average molecular weight is 365 g/mol. The highest BCUT2D eigenvalue weighted by Gasteiger charge is 2.30. The van der Waals surface area contributed by atoms with Crippen molar-refractivity contribution in [3.05, 3.63) is 65.7 Å². The highest BCUT2D eigenvalue weighted by atomic mass is 19.4. The van der Waals surface area contributed by atoms with Gasteiger partial charge < -0.3 is 9.88 Å². The molecule has 1 aromatic heterocycles. The van der Waals surface area contributed by atoms with Gasteiger partial charge >= 0.3 is 6.18 Å². The van der Waals surface area contributed by atoms with Crippen LogP contribution in [0.3, 0.4) is 0 Å². The second-order valence-electron chi connectivity index (χ2n) is 5.89. The van der Waals surface area contributed by atoms with Gasteiger partial charge in [0.25, 0.3) is 0 Å². The minimum Gasteiger partial charge on any atom is -0.348 e. The number of nitrogens with one attached hydrogen (secondary N) is 1. The number of benzene rings is 2. The Morgan fingerprint density at radius 1 is 1.19 bits per heavy atom. The summed E-state index contributed by atoms with van der Waals surface area (Å²) < 4.78 is 53.1. The first kappa shape index (κ1) is 17.9. The fraction of sp³-hybridized carbons (Fsp3) is 0.222. The van der Waals surface area contributed by atoms with Crippen molar-refractivity contribution >= 4 is 16.9 Å². The summed E-state index contributed by atoms with van der Waals surface area (Å²) in [5.41, 5.74) is 0.451. The van der Waals surface area contributed by atoms with Gasteiger partial charge in [-0.25, -0.2) is 9.37 Å². The van der Waals surface area contributed by atoms with E-state index in [9.17, 15) is 22.4 Å². The third kappa shape index (κ3) is 3.68. The van der Waals surface area contributed by atoms with E-state index in [1.54, 1.807) is 13.0 Å². The number of fused-ring (bicyclic) bond motifs is 1. The molecular formula is C18H15F4N3O. The van der Waals surface area contributed by atoms with Crippen LogP contribution in [0.5, 0.6) is 0 Å². The lowest BCUT2D eigenvalue weighted by molar-refractivity contribution is -0.137. The maximum Gasteiger partial charge on any atom is 0.416 e. The summed E-state index contributed by atoms with van der Waals surface area (Å²) in [4.78, 5) is 16.3. The molecule has 136 valence electrons. The van der Waals surface area contributed by atoms with Crippen LogP contribution in [0.15, 0.2) is 48.8 Å². The zero-order valence-corrected chi connectivity index (χ0v) is 13.7. The summed E-state index contributed by atoms with van der Waals surface area (Å²) in [7, 11) is 0. The maximum absolute atomic E-state index is 13.9. The van der Waals surface area contributed by atoms with Gasteiger partial charge in [0.05, 0.1) is 23.4 Å². The first-order valence-corrected chi connectivity index (χ1v) is 7.81. The van der Waals surface area contributed by atoms with Crippen LogP contribution in [0, 0.1) is 5.82 Å². The first-order chi connectivity index (χ1) is 12.3. The molecule has 26 heavy (non-hydrogen) atoms. The largest absolute Gasteiger partial charge is 0.416 e. The molecule has 0 aliphatic heterocycles. The standard InChI is InChI=1S/C18H15F4N3O/c1-11(12-5-7-13(8-6-12)18(20,21)22)24-16(26)9-25-10-23-15-4-2-3-14(19)17(15)25/h2-8,10-11H,9H2,1H3,(H,24,26). The number of rotatable bonds is 4. The monoisotopic (exact) mass is 365 g/mol. The number of hydrogen-bond donors (Lipinski definition) is 1. The lowest BCUT2D eigenvalue weighted by atomic mass is 10.1. The van der Waals surface area contributed by atoms with E-state index in [1.807, 2.05) is 0 Å². The highest BCUT2D eigenvalue weighted by Crippen LogP contribution is 2.29. The van der Waals surface area contributed by atoms with Crippen LogP contribution < -0.4 is 5.32 Å². The zero-order chi connectivity index (χ0) is 18.9. The minimum absolute atomic E-state index is 0.150. The summed E-state index contributed by atoms with van der Waals surface area (Å²) in [6.45, 7) is 1.51. The highest BCUT2D eigenvalue weighted by molar-refractivity contribution is 5.81. The Hall–Kier alpha value is -2.90. The molecule has 0 spiro atoms. The van der Waals surface area contributed by atoms with E-state index in [4.69, 9.17) is 0 Å². The van der Waals surface area contributed by atoms with E-state index in [0.717, 1.165) is 12.1 Å². The third-order valence-corrected chi connectivity index (χ3v) is 4.02. The van der Waals surface area contributed by atoms with Crippen molar-refractivity contribution in [3.8, 4) is 0 Å². The molecule has 1 N–H and O–H groups in total. The first-order valence-electron chi connectivity index (χ1n) is 7.81. The number of carbonyl (C=O) groups is 1. The van der Waals surface area contributed by atoms with E-state index in [0.29, 0.717) is 11.1 Å². The Morgan fingerprint density at radius 2 is 1.88 bits per heavy atom. The normalized spacial score (nSPS) is 13.0.